The predicted molar refractivity (Wildman–Crippen MR) is 51.8 cm³/mol. The van der Waals surface area contributed by atoms with Crippen molar-refractivity contribution in [2.75, 3.05) is 20.2 Å². The second-order valence-electron chi connectivity index (χ2n) is 3.56. The molecule has 0 bridgehead atoms. The lowest BCUT2D eigenvalue weighted by atomic mass is 10.1. The smallest absolute Gasteiger partial charge is 0.325 e. The van der Waals surface area contributed by atoms with Crippen LogP contribution in [0.2, 0.25) is 0 Å². The van der Waals surface area contributed by atoms with Gasteiger partial charge in [-0.3, -0.25) is 9.59 Å². The number of ether oxygens (including phenoxy) is 1. The normalized spacial score (nSPS) is 20.2. The number of amides is 1. The van der Waals surface area contributed by atoms with Crippen LogP contribution in [0.3, 0.4) is 0 Å². The van der Waals surface area contributed by atoms with E-state index in [0.29, 0.717) is 13.0 Å². The quantitative estimate of drug-likeness (QED) is 0.556. The summed E-state index contributed by atoms with van der Waals surface area (Å²) in [5.74, 6) is -0.680. The van der Waals surface area contributed by atoms with Crippen LogP contribution in [0.1, 0.15) is 12.8 Å². The molecule has 1 aliphatic rings. The van der Waals surface area contributed by atoms with Crippen molar-refractivity contribution >= 4 is 11.9 Å². The van der Waals surface area contributed by atoms with Crippen LogP contribution in [-0.4, -0.2) is 54.2 Å². The Hall–Kier alpha value is -1.14. The largest absolute Gasteiger partial charge is 0.468 e. The minimum Gasteiger partial charge on any atom is -0.468 e. The molecular formula is C9H16N2O4. The van der Waals surface area contributed by atoms with Crippen LogP contribution in [0.25, 0.3) is 0 Å². The van der Waals surface area contributed by atoms with Crippen LogP contribution >= 0.6 is 0 Å². The third kappa shape index (κ3) is 2.90. The number of likely N-dealkylation sites (tertiary alicyclic amines) is 1. The molecule has 15 heavy (non-hydrogen) atoms. The average molecular weight is 216 g/mol. The van der Waals surface area contributed by atoms with Crippen molar-refractivity contribution in [3.8, 4) is 0 Å². The predicted octanol–water partition coefficient (Wildman–Crippen LogP) is -1.53. The summed E-state index contributed by atoms with van der Waals surface area (Å²) in [6, 6.07) is -1.09. The van der Waals surface area contributed by atoms with Crippen molar-refractivity contribution < 1.29 is 19.4 Å². The molecule has 0 aromatic carbocycles. The fourth-order valence-corrected chi connectivity index (χ4v) is 1.53. The Morgan fingerprint density at radius 3 is 2.87 bits per heavy atom. The van der Waals surface area contributed by atoms with Gasteiger partial charge in [-0.1, -0.05) is 0 Å². The molecule has 0 saturated carbocycles. The maximum atomic E-state index is 11.2. The molecule has 6 heteroatoms. The molecule has 0 aromatic heterocycles. The number of carbonyl (C=O) groups is 2. The molecular weight excluding hydrogens is 200 g/mol. The number of nitrogens with two attached hydrogens (primary N) is 1. The van der Waals surface area contributed by atoms with Gasteiger partial charge in [0.25, 0.3) is 0 Å². The van der Waals surface area contributed by atoms with Gasteiger partial charge in [0.2, 0.25) is 5.91 Å². The minimum atomic E-state index is -1.09. The first-order valence-electron chi connectivity index (χ1n) is 4.85. The molecule has 1 heterocycles. The number of aliphatic hydroxyl groups is 1. The lowest BCUT2D eigenvalue weighted by Crippen LogP contribution is -2.48. The first-order chi connectivity index (χ1) is 7.06. The van der Waals surface area contributed by atoms with Crippen molar-refractivity contribution in [3.05, 3.63) is 0 Å². The van der Waals surface area contributed by atoms with Gasteiger partial charge < -0.3 is 20.5 Å². The SMILES string of the molecule is COC(=O)[C@@H](N)C(O)CN1CCCC1=O. The number of carbonyl (C=O) groups excluding carboxylic acids is 2. The fraction of sp³-hybridized carbons (Fsp3) is 0.778. The summed E-state index contributed by atoms with van der Waals surface area (Å²) in [6.07, 6.45) is 0.221. The average Bonchev–Trinajstić information content (AvgIpc) is 2.62. The van der Waals surface area contributed by atoms with E-state index in [1.807, 2.05) is 0 Å². The van der Waals surface area contributed by atoms with Gasteiger partial charge in [-0.25, -0.2) is 0 Å². The lowest BCUT2D eigenvalue weighted by Gasteiger charge is -2.22. The minimum absolute atomic E-state index is 0.00823. The second kappa shape index (κ2) is 5.09. The zero-order valence-electron chi connectivity index (χ0n) is 8.68. The van der Waals surface area contributed by atoms with Gasteiger partial charge in [0.05, 0.1) is 13.2 Å². The van der Waals surface area contributed by atoms with Gasteiger partial charge in [-0.15, -0.1) is 0 Å². The zero-order valence-corrected chi connectivity index (χ0v) is 8.68. The third-order valence-corrected chi connectivity index (χ3v) is 2.47. The Kier molecular flexibility index (Phi) is 4.05. The van der Waals surface area contributed by atoms with E-state index < -0.39 is 18.1 Å². The summed E-state index contributed by atoms with van der Waals surface area (Å²) in [5.41, 5.74) is 5.43. The van der Waals surface area contributed by atoms with E-state index in [1.165, 1.54) is 12.0 Å². The number of hydrogen-bond acceptors (Lipinski definition) is 5. The van der Waals surface area contributed by atoms with Crippen molar-refractivity contribution in [2.24, 2.45) is 5.73 Å². The molecule has 1 aliphatic heterocycles. The Morgan fingerprint density at radius 2 is 2.40 bits per heavy atom. The Labute approximate surface area is 88.0 Å². The summed E-state index contributed by atoms with van der Waals surface area (Å²) < 4.78 is 4.40. The van der Waals surface area contributed by atoms with Crippen molar-refractivity contribution in [1.82, 2.24) is 4.90 Å². The highest BCUT2D eigenvalue weighted by molar-refractivity contribution is 5.79. The molecule has 1 saturated heterocycles. The van der Waals surface area contributed by atoms with Gasteiger partial charge >= 0.3 is 5.97 Å². The highest BCUT2D eigenvalue weighted by Crippen LogP contribution is 2.10. The molecule has 2 atom stereocenters. The molecule has 0 spiro atoms. The zero-order chi connectivity index (χ0) is 11.4. The monoisotopic (exact) mass is 216 g/mol. The van der Waals surface area contributed by atoms with E-state index in [0.717, 1.165) is 6.42 Å². The second-order valence-corrected chi connectivity index (χ2v) is 3.56. The Bertz CT molecular complexity index is 256. The van der Waals surface area contributed by atoms with E-state index in [4.69, 9.17) is 5.73 Å². The van der Waals surface area contributed by atoms with Crippen LogP contribution < -0.4 is 5.73 Å². The van der Waals surface area contributed by atoms with Crippen LogP contribution in [-0.2, 0) is 14.3 Å². The van der Waals surface area contributed by atoms with Crippen LogP contribution in [0.4, 0.5) is 0 Å². The van der Waals surface area contributed by atoms with Crippen molar-refractivity contribution in [2.45, 2.75) is 25.0 Å². The molecule has 6 nitrogen and oxygen atoms in total. The maximum Gasteiger partial charge on any atom is 0.325 e. The highest BCUT2D eigenvalue weighted by Gasteiger charge is 2.29. The van der Waals surface area contributed by atoms with E-state index in [-0.39, 0.29) is 12.5 Å². The first kappa shape index (κ1) is 11.9. The molecule has 3 N–H and O–H groups in total. The first-order valence-corrected chi connectivity index (χ1v) is 4.85. The topological polar surface area (TPSA) is 92.9 Å². The van der Waals surface area contributed by atoms with Crippen molar-refractivity contribution in [1.29, 1.82) is 0 Å². The summed E-state index contributed by atoms with van der Waals surface area (Å²) >= 11 is 0. The Balaban J connectivity index is 2.43. The van der Waals surface area contributed by atoms with Gasteiger partial charge in [0, 0.05) is 19.5 Å². The van der Waals surface area contributed by atoms with E-state index >= 15 is 0 Å². The molecule has 1 amide bonds. The number of β-amino-alcohol motifs (C(OH)–C–C–N with tert-alkyl or cyclic N) is 1. The van der Waals surface area contributed by atoms with E-state index in [2.05, 4.69) is 4.74 Å². The molecule has 0 aliphatic carbocycles. The van der Waals surface area contributed by atoms with Gasteiger partial charge in [-0.2, -0.15) is 0 Å². The summed E-state index contributed by atoms with van der Waals surface area (Å²) in [6.45, 7) is 0.707. The molecule has 1 unspecified atom stereocenters. The van der Waals surface area contributed by atoms with Crippen molar-refractivity contribution in [3.63, 3.8) is 0 Å². The summed E-state index contributed by atoms with van der Waals surface area (Å²) in [4.78, 5) is 23.7. The number of hydrogen-bond donors (Lipinski definition) is 2. The number of rotatable bonds is 4. The van der Waals surface area contributed by atoms with Crippen LogP contribution in [0.5, 0.6) is 0 Å². The van der Waals surface area contributed by atoms with Crippen LogP contribution in [0.15, 0.2) is 0 Å². The standard InChI is InChI=1S/C9H16N2O4/c1-15-9(14)8(10)6(12)5-11-4-2-3-7(11)13/h6,8,12H,2-5,10H2,1H3/t6?,8-/m0/s1. The summed E-state index contributed by atoms with van der Waals surface area (Å²) in [5, 5.41) is 9.58. The molecule has 0 aromatic rings. The van der Waals surface area contributed by atoms with Gasteiger partial charge in [-0.05, 0) is 6.42 Å². The van der Waals surface area contributed by atoms with E-state index in [1.54, 1.807) is 0 Å². The summed E-state index contributed by atoms with van der Waals surface area (Å²) in [7, 11) is 1.20. The third-order valence-electron chi connectivity index (χ3n) is 2.47. The number of methoxy groups -OCH3 is 1. The number of nitrogens with zero attached hydrogens (tertiary/aromatic N) is 1. The van der Waals surface area contributed by atoms with E-state index in [9.17, 15) is 14.7 Å². The molecule has 1 rings (SSSR count). The van der Waals surface area contributed by atoms with Gasteiger partial charge in [0.1, 0.15) is 6.04 Å². The lowest BCUT2D eigenvalue weighted by molar-refractivity contribution is -0.146. The number of aliphatic hydroxyl groups excluding tert-OH is 1. The maximum absolute atomic E-state index is 11.2. The van der Waals surface area contributed by atoms with Gasteiger partial charge in [0.15, 0.2) is 0 Å². The Morgan fingerprint density at radius 1 is 1.73 bits per heavy atom. The molecule has 1 fully saturated rings. The fourth-order valence-electron chi connectivity index (χ4n) is 1.53. The molecule has 0 radical (unpaired) electrons. The molecule has 86 valence electrons. The van der Waals surface area contributed by atoms with Crippen LogP contribution in [0, 0.1) is 0 Å². The highest BCUT2D eigenvalue weighted by atomic mass is 16.5. The number of esters is 1.